The zero-order valence-corrected chi connectivity index (χ0v) is 13.6. The number of alkyl halides is 2. The molecule has 1 rings (SSSR count). The lowest BCUT2D eigenvalue weighted by molar-refractivity contribution is 0.556. The first-order valence-electron chi connectivity index (χ1n) is 7.13. The van der Waals surface area contributed by atoms with E-state index in [1.165, 1.54) is 30.5 Å². The number of aryl methyl sites for hydroxylation is 1. The molecule has 0 aliphatic heterocycles. The summed E-state index contributed by atoms with van der Waals surface area (Å²) in [6.07, 6.45) is 3.74. The number of anilines is 1. The lowest BCUT2D eigenvalue weighted by Gasteiger charge is -2.23. The Labute approximate surface area is 127 Å². The van der Waals surface area contributed by atoms with Gasteiger partial charge >= 0.3 is 0 Å². The number of hydrogen-bond acceptors (Lipinski definition) is 1. The average molecular weight is 302 g/mol. The van der Waals surface area contributed by atoms with Gasteiger partial charge in [0.05, 0.1) is 0 Å². The zero-order valence-electron chi connectivity index (χ0n) is 12.0. The third kappa shape index (κ3) is 6.54. The Morgan fingerprint density at radius 3 is 2.05 bits per heavy atom. The van der Waals surface area contributed by atoms with Crippen molar-refractivity contribution in [2.75, 3.05) is 29.7 Å². The summed E-state index contributed by atoms with van der Waals surface area (Å²) in [4.78, 5) is 2.23. The summed E-state index contributed by atoms with van der Waals surface area (Å²) in [5.41, 5.74) is 2.63. The van der Waals surface area contributed by atoms with Gasteiger partial charge in [0.15, 0.2) is 0 Å². The van der Waals surface area contributed by atoms with E-state index in [9.17, 15) is 0 Å². The van der Waals surface area contributed by atoms with Crippen LogP contribution in [0.3, 0.4) is 0 Å². The summed E-state index contributed by atoms with van der Waals surface area (Å²) in [5.74, 6) is 2.06. The minimum absolute atomic E-state index is 0.632. The molecule has 1 aromatic rings. The van der Waals surface area contributed by atoms with Crippen molar-refractivity contribution in [3.05, 3.63) is 29.8 Å². The van der Waals surface area contributed by atoms with Crippen LogP contribution in [0.25, 0.3) is 0 Å². The normalized spacial score (nSPS) is 11.0. The third-order valence-corrected chi connectivity index (χ3v) is 3.60. The predicted octanol–water partition coefficient (Wildman–Crippen LogP) is 4.95. The molecule has 0 fully saturated rings. The molecule has 3 heteroatoms. The van der Waals surface area contributed by atoms with E-state index in [0.29, 0.717) is 11.8 Å². The minimum atomic E-state index is 0.632. The summed E-state index contributed by atoms with van der Waals surface area (Å²) in [6.45, 7) is 6.25. The van der Waals surface area contributed by atoms with Crippen LogP contribution in [0.1, 0.15) is 32.3 Å². The van der Waals surface area contributed by atoms with Crippen LogP contribution in [-0.2, 0) is 6.42 Å². The van der Waals surface area contributed by atoms with E-state index in [1.54, 1.807) is 0 Å². The Kier molecular flexibility index (Phi) is 8.32. The molecule has 19 heavy (non-hydrogen) atoms. The first-order valence-corrected chi connectivity index (χ1v) is 8.20. The number of halogens is 2. The molecule has 108 valence electrons. The monoisotopic (exact) mass is 301 g/mol. The minimum Gasteiger partial charge on any atom is -0.369 e. The smallest absolute Gasteiger partial charge is 0.0399 e. The lowest BCUT2D eigenvalue weighted by atomic mass is 10.0. The largest absolute Gasteiger partial charge is 0.369 e. The van der Waals surface area contributed by atoms with Crippen molar-refractivity contribution < 1.29 is 0 Å². The maximum absolute atomic E-state index is 5.83. The van der Waals surface area contributed by atoms with E-state index in [1.807, 2.05) is 0 Å². The highest BCUT2D eigenvalue weighted by Crippen LogP contribution is 2.17. The Morgan fingerprint density at radius 1 is 1.00 bits per heavy atom. The fraction of sp³-hybridized carbons (Fsp3) is 0.625. The quantitative estimate of drug-likeness (QED) is 0.583. The summed E-state index contributed by atoms with van der Waals surface area (Å²) in [5, 5.41) is 0. The molecular formula is C16H25Cl2N. The van der Waals surface area contributed by atoms with Crippen molar-refractivity contribution >= 4 is 28.9 Å². The van der Waals surface area contributed by atoms with Gasteiger partial charge in [-0.3, -0.25) is 0 Å². The average Bonchev–Trinajstić information content (AvgIpc) is 2.39. The van der Waals surface area contributed by atoms with Gasteiger partial charge in [-0.25, -0.2) is 0 Å². The van der Waals surface area contributed by atoms with Crippen molar-refractivity contribution in [3.63, 3.8) is 0 Å². The molecule has 0 aliphatic rings. The van der Waals surface area contributed by atoms with Crippen LogP contribution in [0.5, 0.6) is 0 Å². The highest BCUT2D eigenvalue weighted by Gasteiger charge is 2.05. The fourth-order valence-electron chi connectivity index (χ4n) is 2.16. The maximum atomic E-state index is 5.83. The first-order chi connectivity index (χ1) is 9.17. The Hall–Kier alpha value is -0.400. The van der Waals surface area contributed by atoms with Crippen LogP contribution in [0, 0.1) is 5.92 Å². The number of rotatable bonds is 9. The zero-order chi connectivity index (χ0) is 14.1. The van der Waals surface area contributed by atoms with E-state index in [-0.39, 0.29) is 0 Å². The SMILES string of the molecule is CC(C)CCCc1ccc(N(CCCl)CCCl)cc1. The highest BCUT2D eigenvalue weighted by atomic mass is 35.5. The van der Waals surface area contributed by atoms with Crippen molar-refractivity contribution in [1.82, 2.24) is 0 Å². The molecule has 0 aliphatic carbocycles. The molecule has 0 unspecified atom stereocenters. The fourth-order valence-corrected chi connectivity index (χ4v) is 2.57. The maximum Gasteiger partial charge on any atom is 0.0399 e. The molecule has 0 saturated heterocycles. The summed E-state index contributed by atoms with van der Waals surface area (Å²) >= 11 is 11.7. The molecule has 0 amide bonds. The van der Waals surface area contributed by atoms with Gasteiger partial charge in [-0.2, -0.15) is 0 Å². The molecule has 0 aromatic heterocycles. The Bertz CT molecular complexity index is 329. The number of benzene rings is 1. The molecule has 0 spiro atoms. The molecule has 0 N–H and O–H groups in total. The van der Waals surface area contributed by atoms with Gasteiger partial charge in [0.25, 0.3) is 0 Å². The Balaban J connectivity index is 2.53. The second-order valence-electron chi connectivity index (χ2n) is 5.32. The molecule has 1 nitrogen and oxygen atoms in total. The van der Waals surface area contributed by atoms with E-state index >= 15 is 0 Å². The summed E-state index contributed by atoms with van der Waals surface area (Å²) < 4.78 is 0. The van der Waals surface area contributed by atoms with Crippen molar-refractivity contribution in [1.29, 1.82) is 0 Å². The van der Waals surface area contributed by atoms with Crippen molar-refractivity contribution in [2.24, 2.45) is 5.92 Å². The molecule has 0 heterocycles. The lowest BCUT2D eigenvalue weighted by Crippen LogP contribution is -2.27. The molecule has 0 radical (unpaired) electrons. The van der Waals surface area contributed by atoms with E-state index in [2.05, 4.69) is 43.0 Å². The molecule has 0 atom stereocenters. The van der Waals surface area contributed by atoms with Gasteiger partial charge in [0.1, 0.15) is 0 Å². The molecule has 1 aromatic carbocycles. The summed E-state index contributed by atoms with van der Waals surface area (Å²) in [6, 6.07) is 8.82. The number of hydrogen-bond donors (Lipinski definition) is 0. The summed E-state index contributed by atoms with van der Waals surface area (Å²) in [7, 11) is 0. The van der Waals surface area contributed by atoms with Gasteiger partial charge in [-0.05, 0) is 36.5 Å². The van der Waals surface area contributed by atoms with Gasteiger partial charge in [0, 0.05) is 30.5 Å². The second-order valence-corrected chi connectivity index (χ2v) is 6.07. The second kappa shape index (κ2) is 9.50. The molecule has 0 bridgehead atoms. The van der Waals surface area contributed by atoms with Crippen LogP contribution >= 0.6 is 23.2 Å². The van der Waals surface area contributed by atoms with Crippen LogP contribution in [0.2, 0.25) is 0 Å². The van der Waals surface area contributed by atoms with Gasteiger partial charge in [-0.15, -0.1) is 23.2 Å². The van der Waals surface area contributed by atoms with Crippen LogP contribution < -0.4 is 4.90 Å². The Morgan fingerprint density at radius 2 is 1.58 bits per heavy atom. The number of nitrogens with zero attached hydrogens (tertiary/aromatic N) is 1. The van der Waals surface area contributed by atoms with Crippen LogP contribution in [-0.4, -0.2) is 24.8 Å². The topological polar surface area (TPSA) is 3.24 Å². The first kappa shape index (κ1) is 16.7. The van der Waals surface area contributed by atoms with E-state index in [0.717, 1.165) is 19.0 Å². The van der Waals surface area contributed by atoms with Gasteiger partial charge in [0.2, 0.25) is 0 Å². The van der Waals surface area contributed by atoms with Crippen molar-refractivity contribution in [3.8, 4) is 0 Å². The molecular weight excluding hydrogens is 277 g/mol. The van der Waals surface area contributed by atoms with Crippen LogP contribution in [0.4, 0.5) is 5.69 Å². The molecule has 0 saturated carbocycles. The van der Waals surface area contributed by atoms with Gasteiger partial charge < -0.3 is 4.90 Å². The van der Waals surface area contributed by atoms with E-state index < -0.39 is 0 Å². The van der Waals surface area contributed by atoms with E-state index in [4.69, 9.17) is 23.2 Å². The third-order valence-electron chi connectivity index (χ3n) is 3.26. The van der Waals surface area contributed by atoms with Crippen LogP contribution in [0.15, 0.2) is 24.3 Å². The van der Waals surface area contributed by atoms with Gasteiger partial charge in [-0.1, -0.05) is 32.4 Å². The predicted molar refractivity (Wildman–Crippen MR) is 87.9 cm³/mol. The van der Waals surface area contributed by atoms with Crippen molar-refractivity contribution in [2.45, 2.75) is 33.1 Å². The standard InChI is InChI=1S/C16H25Cl2N/c1-14(2)4-3-5-15-6-8-16(9-7-15)19(12-10-17)13-11-18/h6-9,14H,3-5,10-13H2,1-2H3. The highest BCUT2D eigenvalue weighted by molar-refractivity contribution is 6.18.